The molecule has 1 amide bonds. The van der Waals surface area contributed by atoms with Crippen LogP contribution in [0.5, 0.6) is 11.5 Å². The quantitative estimate of drug-likeness (QED) is 0.261. The topological polar surface area (TPSA) is 64.9 Å². The number of benzene rings is 3. The van der Waals surface area contributed by atoms with Crippen molar-refractivity contribution in [1.29, 1.82) is 0 Å². The average Bonchev–Trinajstić information content (AvgIpc) is 3.50. The van der Waals surface area contributed by atoms with Crippen LogP contribution in [0.25, 0.3) is 16.2 Å². The molecule has 7 heteroatoms. The monoisotopic (exact) mass is 497 g/mol. The van der Waals surface area contributed by atoms with Crippen molar-refractivity contribution in [3.05, 3.63) is 107 Å². The summed E-state index contributed by atoms with van der Waals surface area (Å²) in [7, 11) is 0. The Labute approximate surface area is 214 Å². The van der Waals surface area contributed by atoms with E-state index >= 15 is 0 Å². The lowest BCUT2D eigenvalue weighted by molar-refractivity contribution is -0.120. The van der Waals surface area contributed by atoms with E-state index in [1.54, 1.807) is 0 Å². The largest absolute Gasteiger partial charge is 0.494 e. The number of aromatic nitrogens is 2. The van der Waals surface area contributed by atoms with Gasteiger partial charge in [0.15, 0.2) is 4.96 Å². The Morgan fingerprint density at radius 2 is 1.64 bits per heavy atom. The van der Waals surface area contributed by atoms with Crippen LogP contribution in [-0.2, 0) is 24.4 Å². The minimum Gasteiger partial charge on any atom is -0.494 e. The molecule has 0 bridgehead atoms. The van der Waals surface area contributed by atoms with Gasteiger partial charge in [-0.2, -0.15) is 0 Å². The van der Waals surface area contributed by atoms with Crippen molar-refractivity contribution in [3.63, 3.8) is 0 Å². The van der Waals surface area contributed by atoms with Crippen molar-refractivity contribution >= 4 is 22.2 Å². The van der Waals surface area contributed by atoms with Gasteiger partial charge in [0.1, 0.15) is 18.1 Å². The van der Waals surface area contributed by atoms with Crippen LogP contribution in [0.2, 0.25) is 0 Å². The Morgan fingerprint density at radius 3 is 2.39 bits per heavy atom. The number of rotatable bonds is 10. The second-order valence-corrected chi connectivity index (χ2v) is 9.17. The number of hydrogen-bond donors (Lipinski definition) is 1. The van der Waals surface area contributed by atoms with Gasteiger partial charge in [-0.1, -0.05) is 42.5 Å². The number of nitrogens with one attached hydrogen (secondary N) is 1. The van der Waals surface area contributed by atoms with E-state index in [-0.39, 0.29) is 12.3 Å². The summed E-state index contributed by atoms with van der Waals surface area (Å²) in [6, 6.07) is 25.8. The van der Waals surface area contributed by atoms with E-state index in [1.165, 1.54) is 11.3 Å². The molecular formula is C29H27N3O3S. The normalized spacial score (nSPS) is 10.9. The molecule has 2 aromatic heterocycles. The first-order chi connectivity index (χ1) is 17.7. The number of amides is 1. The van der Waals surface area contributed by atoms with Crippen LogP contribution in [-0.4, -0.2) is 21.9 Å². The second-order valence-electron chi connectivity index (χ2n) is 8.33. The number of imidazole rings is 1. The minimum atomic E-state index is -0.0320. The first-order valence-corrected chi connectivity index (χ1v) is 12.8. The Balaban J connectivity index is 1.15. The number of fused-ring (bicyclic) bond motifs is 1. The van der Waals surface area contributed by atoms with Crippen LogP contribution in [0, 0.1) is 0 Å². The molecule has 2 heterocycles. The summed E-state index contributed by atoms with van der Waals surface area (Å²) in [5.74, 6) is 1.61. The van der Waals surface area contributed by atoms with Crippen molar-refractivity contribution in [3.8, 4) is 22.8 Å². The molecule has 0 saturated carbocycles. The van der Waals surface area contributed by atoms with Gasteiger partial charge >= 0.3 is 0 Å². The van der Waals surface area contributed by atoms with Gasteiger partial charge in [-0.05, 0) is 54.4 Å². The first-order valence-electron chi connectivity index (χ1n) is 11.9. The molecule has 1 N–H and O–H groups in total. The fourth-order valence-electron chi connectivity index (χ4n) is 3.86. The van der Waals surface area contributed by atoms with Gasteiger partial charge in [0, 0.05) is 29.4 Å². The van der Waals surface area contributed by atoms with Gasteiger partial charge < -0.3 is 14.8 Å². The van der Waals surface area contributed by atoms with Gasteiger partial charge in [-0.25, -0.2) is 4.98 Å². The third-order valence-electron chi connectivity index (χ3n) is 5.75. The molecule has 0 atom stereocenters. The lowest BCUT2D eigenvalue weighted by atomic mass is 10.1. The molecule has 5 rings (SSSR count). The van der Waals surface area contributed by atoms with Gasteiger partial charge in [-0.15, -0.1) is 11.3 Å². The third-order valence-corrected chi connectivity index (χ3v) is 6.64. The number of carbonyl (C=O) groups excluding carboxylic acids is 1. The van der Waals surface area contributed by atoms with Crippen LogP contribution in [0.4, 0.5) is 0 Å². The summed E-state index contributed by atoms with van der Waals surface area (Å²) >= 11 is 1.53. The van der Waals surface area contributed by atoms with Gasteiger partial charge in [-0.3, -0.25) is 9.20 Å². The maximum absolute atomic E-state index is 12.7. The third kappa shape index (κ3) is 5.75. The summed E-state index contributed by atoms with van der Waals surface area (Å²) in [5, 5.41) is 5.00. The highest BCUT2D eigenvalue weighted by molar-refractivity contribution is 7.15. The van der Waals surface area contributed by atoms with E-state index in [1.807, 2.05) is 102 Å². The molecule has 5 aromatic rings. The van der Waals surface area contributed by atoms with Gasteiger partial charge in [0.05, 0.1) is 18.7 Å². The molecule has 182 valence electrons. The first kappa shape index (κ1) is 23.6. The SMILES string of the molecule is CCOc1ccc(-c2cn3c(CC(=O)NCc4ccc(OCc5ccccc5)cc4)csc3n2)cc1. The molecule has 0 saturated heterocycles. The maximum Gasteiger partial charge on any atom is 0.226 e. The predicted molar refractivity (Wildman–Crippen MR) is 142 cm³/mol. The Hall–Kier alpha value is -4.10. The average molecular weight is 498 g/mol. The zero-order valence-corrected chi connectivity index (χ0v) is 20.8. The molecule has 0 aliphatic rings. The van der Waals surface area contributed by atoms with Crippen molar-refractivity contribution in [2.45, 2.75) is 26.5 Å². The Kier molecular flexibility index (Phi) is 7.28. The highest BCUT2D eigenvalue weighted by Gasteiger charge is 2.13. The molecule has 6 nitrogen and oxygen atoms in total. The highest BCUT2D eigenvalue weighted by Crippen LogP contribution is 2.25. The van der Waals surface area contributed by atoms with Crippen LogP contribution in [0.1, 0.15) is 23.7 Å². The second kappa shape index (κ2) is 11.1. The Bertz CT molecular complexity index is 1420. The molecule has 36 heavy (non-hydrogen) atoms. The summed E-state index contributed by atoms with van der Waals surface area (Å²) < 4.78 is 13.3. The smallest absolute Gasteiger partial charge is 0.226 e. The lowest BCUT2D eigenvalue weighted by Gasteiger charge is -2.08. The zero-order valence-electron chi connectivity index (χ0n) is 20.0. The van der Waals surface area contributed by atoms with Crippen LogP contribution in [0.15, 0.2) is 90.4 Å². The predicted octanol–water partition coefficient (Wildman–Crippen LogP) is 5.90. The van der Waals surface area contributed by atoms with E-state index in [4.69, 9.17) is 14.5 Å². The van der Waals surface area contributed by atoms with Crippen LogP contribution < -0.4 is 14.8 Å². The molecule has 0 aliphatic heterocycles. The summed E-state index contributed by atoms with van der Waals surface area (Å²) in [5.41, 5.74) is 4.95. The standard InChI is InChI=1S/C29H27N3O3S/c1-2-34-25-14-10-23(11-15-25)27-18-32-24(20-36-29(32)31-27)16-28(33)30-17-21-8-12-26(13-9-21)35-19-22-6-4-3-5-7-22/h3-15,18,20H,2,16-17,19H2,1H3,(H,30,33). The lowest BCUT2D eigenvalue weighted by Crippen LogP contribution is -2.24. The van der Waals surface area contributed by atoms with E-state index in [0.717, 1.165) is 44.5 Å². The van der Waals surface area contributed by atoms with Crippen molar-refractivity contribution < 1.29 is 14.3 Å². The molecule has 0 fully saturated rings. The number of thiazole rings is 1. The van der Waals surface area contributed by atoms with E-state index in [9.17, 15) is 4.79 Å². The minimum absolute atomic E-state index is 0.0320. The fourth-order valence-corrected chi connectivity index (χ4v) is 4.73. The van der Waals surface area contributed by atoms with Crippen molar-refractivity contribution in [2.75, 3.05) is 6.61 Å². The van der Waals surface area contributed by atoms with Crippen LogP contribution in [0.3, 0.4) is 0 Å². The van der Waals surface area contributed by atoms with E-state index in [0.29, 0.717) is 19.8 Å². The molecule has 3 aromatic carbocycles. The zero-order chi connectivity index (χ0) is 24.7. The highest BCUT2D eigenvalue weighted by atomic mass is 32.1. The van der Waals surface area contributed by atoms with E-state index < -0.39 is 0 Å². The summed E-state index contributed by atoms with van der Waals surface area (Å²) in [6.45, 7) is 3.60. The van der Waals surface area contributed by atoms with Gasteiger partial charge in [0.2, 0.25) is 5.91 Å². The molecule has 0 radical (unpaired) electrons. The Morgan fingerprint density at radius 1 is 0.917 bits per heavy atom. The molecule has 0 aliphatic carbocycles. The van der Waals surface area contributed by atoms with Gasteiger partial charge in [0.25, 0.3) is 0 Å². The number of ether oxygens (including phenoxy) is 2. The maximum atomic E-state index is 12.7. The summed E-state index contributed by atoms with van der Waals surface area (Å²) in [6.07, 6.45) is 2.27. The fraction of sp³-hybridized carbons (Fsp3) is 0.172. The molecule has 0 spiro atoms. The number of nitrogens with zero attached hydrogens (tertiary/aromatic N) is 2. The number of carbonyl (C=O) groups is 1. The number of hydrogen-bond acceptors (Lipinski definition) is 5. The van der Waals surface area contributed by atoms with E-state index in [2.05, 4.69) is 5.32 Å². The summed E-state index contributed by atoms with van der Waals surface area (Å²) in [4.78, 5) is 18.2. The van der Waals surface area contributed by atoms with Crippen LogP contribution >= 0.6 is 11.3 Å². The van der Waals surface area contributed by atoms with Crippen molar-refractivity contribution in [2.24, 2.45) is 0 Å². The molecule has 0 unspecified atom stereocenters. The molecular weight excluding hydrogens is 470 g/mol. The van der Waals surface area contributed by atoms with Crippen molar-refractivity contribution in [1.82, 2.24) is 14.7 Å².